The largest absolute Gasteiger partial charge is 0.286 e. The Morgan fingerprint density at radius 3 is 2.50 bits per heavy atom. The van der Waals surface area contributed by atoms with Gasteiger partial charge in [0.25, 0.3) is 0 Å². The molecule has 0 radical (unpaired) electrons. The maximum atomic E-state index is 10.2. The van der Waals surface area contributed by atoms with E-state index in [0.717, 1.165) is 21.9 Å². The van der Waals surface area contributed by atoms with E-state index in [0.29, 0.717) is 18.7 Å². The fraction of sp³-hybridized carbons (Fsp3) is 0.125. The molecule has 100 valence electrons. The Labute approximate surface area is 117 Å². The summed E-state index contributed by atoms with van der Waals surface area (Å²) in [7, 11) is 0. The van der Waals surface area contributed by atoms with Crippen LogP contribution in [0.5, 0.6) is 0 Å². The lowest BCUT2D eigenvalue weighted by Crippen LogP contribution is -2.30. The van der Waals surface area contributed by atoms with Crippen molar-refractivity contribution in [3.05, 3.63) is 65.7 Å². The van der Waals surface area contributed by atoms with Gasteiger partial charge in [-0.2, -0.15) is 0 Å². The number of aliphatic imine (C=N–C) groups is 1. The lowest BCUT2D eigenvalue weighted by Gasteiger charge is -2.23. The van der Waals surface area contributed by atoms with Crippen LogP contribution in [-0.4, -0.2) is 23.3 Å². The summed E-state index contributed by atoms with van der Waals surface area (Å²) in [6, 6.07) is 17.4. The number of nitrogens with one attached hydrogen (secondary N) is 1. The lowest BCUT2D eigenvalue weighted by atomic mass is 9.99. The molecule has 0 bridgehead atoms. The molecule has 2 aromatic rings. The van der Waals surface area contributed by atoms with Gasteiger partial charge in [0.1, 0.15) is 5.84 Å². The molecule has 4 heteroatoms. The van der Waals surface area contributed by atoms with Crippen molar-refractivity contribution >= 4 is 17.2 Å². The molecule has 2 N–H and O–H groups in total. The smallest absolute Gasteiger partial charge is 0.128 e. The highest BCUT2D eigenvalue weighted by atomic mass is 16.5. The molecule has 1 heterocycles. The van der Waals surface area contributed by atoms with Gasteiger partial charge in [0.2, 0.25) is 0 Å². The third-order valence-corrected chi connectivity index (χ3v) is 3.31. The van der Waals surface area contributed by atoms with Crippen molar-refractivity contribution in [3.8, 4) is 0 Å². The van der Waals surface area contributed by atoms with Crippen molar-refractivity contribution in [1.29, 1.82) is 5.41 Å². The van der Waals surface area contributed by atoms with E-state index in [1.807, 2.05) is 48.5 Å². The highest BCUT2D eigenvalue weighted by Crippen LogP contribution is 2.25. The molecule has 1 aliphatic heterocycles. The van der Waals surface area contributed by atoms with Gasteiger partial charge in [0.15, 0.2) is 0 Å². The second-order valence-electron chi connectivity index (χ2n) is 4.62. The fourth-order valence-corrected chi connectivity index (χ4v) is 2.31. The van der Waals surface area contributed by atoms with Crippen molar-refractivity contribution in [2.24, 2.45) is 4.99 Å². The SMILES string of the molecule is N=C1CCN=C(c2ccccc2)c2ccccc2N1O. The van der Waals surface area contributed by atoms with Gasteiger partial charge in [0, 0.05) is 24.1 Å². The molecule has 4 nitrogen and oxygen atoms in total. The Hall–Kier alpha value is -2.46. The zero-order valence-electron chi connectivity index (χ0n) is 11.0. The molecule has 0 fully saturated rings. The second-order valence-corrected chi connectivity index (χ2v) is 4.62. The molecule has 0 saturated carbocycles. The van der Waals surface area contributed by atoms with Crippen molar-refractivity contribution in [2.75, 3.05) is 11.6 Å². The number of amidine groups is 1. The normalized spacial score (nSPS) is 15.2. The van der Waals surface area contributed by atoms with Crippen molar-refractivity contribution < 1.29 is 5.21 Å². The predicted octanol–water partition coefficient (Wildman–Crippen LogP) is 3.10. The predicted molar refractivity (Wildman–Crippen MR) is 80.0 cm³/mol. The van der Waals surface area contributed by atoms with Crippen LogP contribution >= 0.6 is 0 Å². The summed E-state index contributed by atoms with van der Waals surface area (Å²) < 4.78 is 0. The number of nitrogens with zero attached hydrogens (tertiary/aromatic N) is 2. The first kappa shape index (κ1) is 12.6. The molecule has 0 amide bonds. The van der Waals surface area contributed by atoms with Crippen molar-refractivity contribution in [2.45, 2.75) is 6.42 Å². The standard InChI is InChI=1S/C16H15N3O/c17-15-10-11-18-16(12-6-2-1-3-7-12)13-8-4-5-9-14(13)19(15)20/h1-9,17,20H,10-11H2. The molecule has 3 rings (SSSR count). The number of para-hydroxylation sites is 1. The molecule has 0 spiro atoms. The minimum Gasteiger partial charge on any atom is -0.286 e. The summed E-state index contributed by atoms with van der Waals surface area (Å²) in [5.41, 5.74) is 3.31. The summed E-state index contributed by atoms with van der Waals surface area (Å²) in [6.07, 6.45) is 0.418. The van der Waals surface area contributed by atoms with Gasteiger partial charge in [0.05, 0.1) is 11.4 Å². The number of hydroxylamine groups is 1. The quantitative estimate of drug-likeness (QED) is 0.832. The van der Waals surface area contributed by atoms with E-state index >= 15 is 0 Å². The zero-order valence-corrected chi connectivity index (χ0v) is 11.0. The molecule has 0 aliphatic carbocycles. The summed E-state index contributed by atoms with van der Waals surface area (Å²) in [6.45, 7) is 0.494. The molecule has 0 saturated heterocycles. The average Bonchev–Trinajstić information content (AvgIpc) is 2.50. The summed E-state index contributed by atoms with van der Waals surface area (Å²) in [5.74, 6) is 0.160. The molecular formula is C16H15N3O. The summed E-state index contributed by atoms with van der Waals surface area (Å²) in [5, 5.41) is 18.9. The number of rotatable bonds is 1. The Bertz CT molecular complexity index is 664. The van der Waals surface area contributed by atoms with Gasteiger partial charge >= 0.3 is 0 Å². The van der Waals surface area contributed by atoms with Gasteiger partial charge in [-0.05, 0) is 6.07 Å². The van der Waals surface area contributed by atoms with Crippen LogP contribution in [0, 0.1) is 5.41 Å². The highest BCUT2D eigenvalue weighted by Gasteiger charge is 2.19. The first-order chi connectivity index (χ1) is 9.77. The molecular weight excluding hydrogens is 250 g/mol. The topological polar surface area (TPSA) is 59.7 Å². The van der Waals surface area contributed by atoms with Crippen molar-refractivity contribution in [3.63, 3.8) is 0 Å². The maximum Gasteiger partial charge on any atom is 0.128 e. The van der Waals surface area contributed by atoms with E-state index in [1.54, 1.807) is 6.07 Å². The van der Waals surface area contributed by atoms with Crippen LogP contribution in [0.1, 0.15) is 17.5 Å². The Balaban J connectivity index is 2.18. The van der Waals surface area contributed by atoms with Gasteiger partial charge < -0.3 is 0 Å². The first-order valence-electron chi connectivity index (χ1n) is 6.53. The van der Waals surface area contributed by atoms with Gasteiger partial charge in [-0.15, -0.1) is 0 Å². The van der Waals surface area contributed by atoms with E-state index in [1.165, 1.54) is 0 Å². The molecule has 0 aromatic heterocycles. The Morgan fingerprint density at radius 1 is 1.00 bits per heavy atom. The molecule has 2 aromatic carbocycles. The van der Waals surface area contributed by atoms with Crippen LogP contribution < -0.4 is 5.06 Å². The lowest BCUT2D eigenvalue weighted by molar-refractivity contribution is 0.308. The van der Waals surface area contributed by atoms with Gasteiger partial charge in [-0.3, -0.25) is 15.6 Å². The van der Waals surface area contributed by atoms with E-state index in [2.05, 4.69) is 4.99 Å². The molecule has 20 heavy (non-hydrogen) atoms. The van der Waals surface area contributed by atoms with Crippen LogP contribution in [0.3, 0.4) is 0 Å². The van der Waals surface area contributed by atoms with E-state index in [9.17, 15) is 5.21 Å². The third kappa shape index (κ3) is 2.21. The number of hydrogen-bond acceptors (Lipinski definition) is 3. The third-order valence-electron chi connectivity index (χ3n) is 3.31. The number of hydrogen-bond donors (Lipinski definition) is 2. The molecule has 0 unspecified atom stereocenters. The van der Waals surface area contributed by atoms with E-state index < -0.39 is 0 Å². The van der Waals surface area contributed by atoms with E-state index in [4.69, 9.17) is 5.41 Å². The summed E-state index contributed by atoms with van der Waals surface area (Å²) >= 11 is 0. The minimum absolute atomic E-state index is 0.160. The van der Waals surface area contributed by atoms with Crippen LogP contribution in [0.2, 0.25) is 0 Å². The van der Waals surface area contributed by atoms with Gasteiger partial charge in [-0.1, -0.05) is 48.5 Å². The Kier molecular flexibility index (Phi) is 3.31. The highest BCUT2D eigenvalue weighted by molar-refractivity contribution is 6.17. The number of fused-ring (bicyclic) bond motifs is 1. The second kappa shape index (κ2) is 5.27. The van der Waals surface area contributed by atoms with Crippen LogP contribution in [0.4, 0.5) is 5.69 Å². The molecule has 1 aliphatic rings. The Morgan fingerprint density at radius 2 is 1.70 bits per heavy atom. The zero-order chi connectivity index (χ0) is 13.9. The number of benzene rings is 2. The van der Waals surface area contributed by atoms with Crippen molar-refractivity contribution in [1.82, 2.24) is 0 Å². The van der Waals surface area contributed by atoms with Gasteiger partial charge in [-0.25, -0.2) is 5.06 Å². The monoisotopic (exact) mass is 265 g/mol. The first-order valence-corrected chi connectivity index (χ1v) is 6.53. The number of anilines is 1. The minimum atomic E-state index is 0.160. The van der Waals surface area contributed by atoms with E-state index in [-0.39, 0.29) is 5.84 Å². The van der Waals surface area contributed by atoms with Crippen LogP contribution in [0.25, 0.3) is 0 Å². The fourth-order valence-electron chi connectivity index (χ4n) is 2.31. The summed E-state index contributed by atoms with van der Waals surface area (Å²) in [4.78, 5) is 4.62. The average molecular weight is 265 g/mol. The van der Waals surface area contributed by atoms with Crippen LogP contribution in [0.15, 0.2) is 59.6 Å². The van der Waals surface area contributed by atoms with Crippen LogP contribution in [-0.2, 0) is 0 Å². The molecule has 0 atom stereocenters. The maximum absolute atomic E-state index is 10.2.